The zero-order valence-electron chi connectivity index (χ0n) is 14.9. The van der Waals surface area contributed by atoms with Gasteiger partial charge in [0.15, 0.2) is 0 Å². The fraction of sp³-hybridized carbons (Fsp3) is 0.0952. The van der Waals surface area contributed by atoms with Gasteiger partial charge in [-0.25, -0.2) is 4.98 Å². The highest BCUT2D eigenvalue weighted by Gasteiger charge is 2.03. The molecular weight excluding hydrogens is 376 g/mol. The summed E-state index contributed by atoms with van der Waals surface area (Å²) in [5.41, 5.74) is 2.46. The number of H-pyrrole nitrogens is 1. The first-order valence-corrected chi connectivity index (χ1v) is 9.09. The summed E-state index contributed by atoms with van der Waals surface area (Å²) in [6.45, 7) is 0.914. The van der Waals surface area contributed by atoms with Gasteiger partial charge in [-0.3, -0.25) is 9.78 Å². The van der Waals surface area contributed by atoms with Crippen molar-refractivity contribution in [2.45, 2.75) is 13.2 Å². The molecule has 0 atom stereocenters. The summed E-state index contributed by atoms with van der Waals surface area (Å²) < 4.78 is 5.82. The molecule has 28 heavy (non-hydrogen) atoms. The number of nitrogens with zero attached hydrogens (tertiary/aromatic N) is 2. The first-order valence-electron chi connectivity index (χ1n) is 8.71. The maximum absolute atomic E-state index is 11.4. The molecule has 6 nitrogen and oxygen atoms in total. The fourth-order valence-electron chi connectivity index (χ4n) is 2.74. The number of aromatic amines is 1. The number of benzene rings is 2. The molecule has 140 valence electrons. The zero-order valence-corrected chi connectivity index (χ0v) is 15.6. The smallest absolute Gasteiger partial charge is 0.248 e. The number of pyridine rings is 1. The summed E-state index contributed by atoms with van der Waals surface area (Å²) in [5, 5.41) is 4.86. The molecule has 0 unspecified atom stereocenters. The van der Waals surface area contributed by atoms with Crippen LogP contribution in [0, 0.1) is 0 Å². The minimum atomic E-state index is -0.126. The van der Waals surface area contributed by atoms with E-state index in [9.17, 15) is 4.79 Å². The van der Waals surface area contributed by atoms with Gasteiger partial charge in [-0.05, 0) is 42.0 Å². The number of ether oxygens (including phenoxy) is 1. The molecule has 0 spiro atoms. The van der Waals surface area contributed by atoms with Crippen LogP contribution >= 0.6 is 11.6 Å². The van der Waals surface area contributed by atoms with E-state index in [1.165, 1.54) is 6.07 Å². The lowest BCUT2D eigenvalue weighted by molar-refractivity contribution is 0.301. The van der Waals surface area contributed by atoms with Gasteiger partial charge in [-0.15, -0.1) is 0 Å². The summed E-state index contributed by atoms with van der Waals surface area (Å²) >= 11 is 5.90. The molecule has 0 amide bonds. The average Bonchev–Trinajstić information content (AvgIpc) is 2.72. The van der Waals surface area contributed by atoms with Gasteiger partial charge in [0.1, 0.15) is 18.2 Å². The van der Waals surface area contributed by atoms with Crippen LogP contribution < -0.4 is 15.6 Å². The second-order valence-corrected chi connectivity index (χ2v) is 6.67. The third kappa shape index (κ3) is 4.47. The largest absolute Gasteiger partial charge is 0.487 e. The third-order valence-corrected chi connectivity index (χ3v) is 4.41. The van der Waals surface area contributed by atoms with Gasteiger partial charge in [0.05, 0.1) is 18.1 Å². The highest BCUT2D eigenvalue weighted by molar-refractivity contribution is 6.30. The van der Waals surface area contributed by atoms with Crippen molar-refractivity contribution in [3.63, 3.8) is 0 Å². The van der Waals surface area contributed by atoms with E-state index in [0.29, 0.717) is 35.4 Å². The molecule has 2 aromatic carbocycles. The Balaban J connectivity index is 1.39. The maximum atomic E-state index is 11.4. The second kappa shape index (κ2) is 8.10. The molecule has 2 heterocycles. The summed E-state index contributed by atoms with van der Waals surface area (Å²) in [5.74, 6) is 1.37. The van der Waals surface area contributed by atoms with E-state index in [1.54, 1.807) is 18.5 Å². The predicted molar refractivity (Wildman–Crippen MR) is 110 cm³/mol. The molecule has 0 aliphatic rings. The Morgan fingerprint density at radius 3 is 2.75 bits per heavy atom. The van der Waals surface area contributed by atoms with E-state index in [1.807, 2.05) is 42.5 Å². The van der Waals surface area contributed by atoms with Gasteiger partial charge >= 0.3 is 0 Å². The minimum Gasteiger partial charge on any atom is -0.487 e. The van der Waals surface area contributed by atoms with Crippen LogP contribution in [-0.4, -0.2) is 15.0 Å². The van der Waals surface area contributed by atoms with E-state index in [2.05, 4.69) is 20.3 Å². The van der Waals surface area contributed by atoms with E-state index in [-0.39, 0.29) is 5.56 Å². The topological polar surface area (TPSA) is 79.9 Å². The van der Waals surface area contributed by atoms with E-state index in [0.717, 1.165) is 16.5 Å². The monoisotopic (exact) mass is 392 g/mol. The Labute approximate surface area is 166 Å². The standard InChI is InChI=1S/C21H17ClN4O2/c22-16-4-1-14(2-5-16)10-24-20-12-23-11-17(25-20)13-28-18-6-7-19-15(9-18)3-8-21(27)26-19/h1-9,11-12H,10,13H2,(H,24,25)(H,26,27). The molecule has 0 fully saturated rings. The third-order valence-electron chi connectivity index (χ3n) is 4.15. The van der Waals surface area contributed by atoms with Crippen LogP contribution in [0.3, 0.4) is 0 Å². The first-order chi connectivity index (χ1) is 13.7. The van der Waals surface area contributed by atoms with Crippen LogP contribution in [0.2, 0.25) is 5.02 Å². The molecular formula is C21H17ClN4O2. The van der Waals surface area contributed by atoms with Gasteiger partial charge in [0, 0.05) is 28.5 Å². The Bertz CT molecular complexity index is 1160. The lowest BCUT2D eigenvalue weighted by atomic mass is 10.2. The van der Waals surface area contributed by atoms with Gasteiger partial charge in [0.25, 0.3) is 0 Å². The van der Waals surface area contributed by atoms with Crippen molar-refractivity contribution in [3.05, 3.63) is 93.6 Å². The van der Waals surface area contributed by atoms with Gasteiger partial charge < -0.3 is 15.0 Å². The van der Waals surface area contributed by atoms with E-state index >= 15 is 0 Å². The summed E-state index contributed by atoms with van der Waals surface area (Å²) in [6, 6.07) is 16.4. The molecule has 0 radical (unpaired) electrons. The Morgan fingerprint density at radius 2 is 1.89 bits per heavy atom. The Kier molecular flexibility index (Phi) is 5.21. The van der Waals surface area contributed by atoms with Crippen molar-refractivity contribution in [2.75, 3.05) is 5.32 Å². The Morgan fingerprint density at radius 1 is 1.04 bits per heavy atom. The number of halogens is 1. The van der Waals surface area contributed by atoms with Crippen molar-refractivity contribution in [2.24, 2.45) is 0 Å². The number of hydrogen-bond acceptors (Lipinski definition) is 5. The van der Waals surface area contributed by atoms with Crippen molar-refractivity contribution >= 4 is 28.3 Å². The van der Waals surface area contributed by atoms with Gasteiger partial charge in [0.2, 0.25) is 5.56 Å². The van der Waals surface area contributed by atoms with Crippen molar-refractivity contribution in [1.82, 2.24) is 15.0 Å². The highest BCUT2D eigenvalue weighted by atomic mass is 35.5. The van der Waals surface area contributed by atoms with Crippen LogP contribution in [-0.2, 0) is 13.2 Å². The molecule has 0 bridgehead atoms. The number of rotatable bonds is 6. The minimum absolute atomic E-state index is 0.126. The number of fused-ring (bicyclic) bond motifs is 1. The van der Waals surface area contributed by atoms with E-state index < -0.39 is 0 Å². The van der Waals surface area contributed by atoms with Gasteiger partial charge in [-0.2, -0.15) is 0 Å². The zero-order chi connectivity index (χ0) is 19.3. The number of hydrogen-bond donors (Lipinski definition) is 2. The molecule has 0 saturated carbocycles. The van der Waals surface area contributed by atoms with Crippen LogP contribution in [0.4, 0.5) is 5.82 Å². The quantitative estimate of drug-likeness (QED) is 0.515. The van der Waals surface area contributed by atoms with E-state index in [4.69, 9.17) is 16.3 Å². The normalized spacial score (nSPS) is 10.8. The Hall–Kier alpha value is -3.38. The number of aromatic nitrogens is 3. The van der Waals surface area contributed by atoms with Crippen molar-refractivity contribution in [1.29, 1.82) is 0 Å². The molecule has 0 aliphatic heterocycles. The van der Waals surface area contributed by atoms with Crippen molar-refractivity contribution < 1.29 is 4.74 Å². The summed E-state index contributed by atoms with van der Waals surface area (Å²) in [6.07, 6.45) is 3.35. The number of anilines is 1. The molecule has 2 N–H and O–H groups in total. The van der Waals surface area contributed by atoms with Crippen LogP contribution in [0.5, 0.6) is 5.75 Å². The average molecular weight is 393 g/mol. The fourth-order valence-corrected chi connectivity index (χ4v) is 2.86. The second-order valence-electron chi connectivity index (χ2n) is 6.24. The lowest BCUT2D eigenvalue weighted by Crippen LogP contribution is -2.05. The predicted octanol–water partition coefficient (Wildman–Crippen LogP) is 4.16. The van der Waals surface area contributed by atoms with Crippen LogP contribution in [0.1, 0.15) is 11.3 Å². The molecule has 4 rings (SSSR count). The maximum Gasteiger partial charge on any atom is 0.248 e. The molecule has 7 heteroatoms. The molecule has 0 saturated heterocycles. The van der Waals surface area contributed by atoms with Crippen LogP contribution in [0.25, 0.3) is 10.9 Å². The molecule has 2 aromatic heterocycles. The molecule has 0 aliphatic carbocycles. The van der Waals surface area contributed by atoms with Crippen LogP contribution in [0.15, 0.2) is 71.8 Å². The lowest BCUT2D eigenvalue weighted by Gasteiger charge is -2.09. The number of nitrogens with one attached hydrogen (secondary N) is 2. The summed E-state index contributed by atoms with van der Waals surface area (Å²) in [4.78, 5) is 22.9. The first kappa shape index (κ1) is 18.0. The highest BCUT2D eigenvalue weighted by Crippen LogP contribution is 2.19. The van der Waals surface area contributed by atoms with Gasteiger partial charge in [-0.1, -0.05) is 23.7 Å². The molecule has 4 aromatic rings. The SMILES string of the molecule is O=c1ccc2cc(OCc3cncc(NCc4ccc(Cl)cc4)n3)ccc2[nH]1. The van der Waals surface area contributed by atoms with Crippen molar-refractivity contribution in [3.8, 4) is 5.75 Å². The summed E-state index contributed by atoms with van der Waals surface area (Å²) in [7, 11) is 0.